The first-order valence-corrected chi connectivity index (χ1v) is 6.87. The fourth-order valence-electron chi connectivity index (χ4n) is 2.36. The third kappa shape index (κ3) is 3.34. The molecule has 17 heavy (non-hydrogen) atoms. The van der Waals surface area contributed by atoms with Crippen LogP contribution in [0.5, 0.6) is 0 Å². The Morgan fingerprint density at radius 1 is 1.29 bits per heavy atom. The summed E-state index contributed by atoms with van der Waals surface area (Å²) in [6, 6.07) is 4.16. The molecule has 0 aliphatic carbocycles. The van der Waals surface area contributed by atoms with E-state index >= 15 is 0 Å². The summed E-state index contributed by atoms with van der Waals surface area (Å²) in [6.07, 6.45) is 2.56. The van der Waals surface area contributed by atoms with Gasteiger partial charge in [0.05, 0.1) is 10.7 Å². The summed E-state index contributed by atoms with van der Waals surface area (Å²) < 4.78 is 0. The highest BCUT2D eigenvalue weighted by Gasteiger charge is 2.23. The van der Waals surface area contributed by atoms with Gasteiger partial charge in [-0.1, -0.05) is 30.1 Å². The second-order valence-electron chi connectivity index (χ2n) is 5.02. The summed E-state index contributed by atoms with van der Waals surface area (Å²) in [4.78, 5) is 6.76. The molecule has 1 aromatic heterocycles. The van der Waals surface area contributed by atoms with Gasteiger partial charge in [0.2, 0.25) is 0 Å². The van der Waals surface area contributed by atoms with E-state index in [0.717, 1.165) is 24.7 Å². The van der Waals surface area contributed by atoms with Gasteiger partial charge in [0.1, 0.15) is 5.15 Å². The Morgan fingerprint density at radius 3 is 2.82 bits per heavy atom. The molecule has 2 heterocycles. The Hall–Kier alpha value is -0.310. The van der Waals surface area contributed by atoms with Crippen molar-refractivity contribution in [2.45, 2.75) is 39.3 Å². The summed E-state index contributed by atoms with van der Waals surface area (Å²) in [6.45, 7) is 6.48. The number of likely N-dealkylation sites (tertiary alicyclic amines) is 1. The van der Waals surface area contributed by atoms with Gasteiger partial charge in [-0.05, 0) is 37.8 Å². The maximum Gasteiger partial charge on any atom is 0.129 e. The van der Waals surface area contributed by atoms with Crippen molar-refractivity contribution in [3.8, 4) is 0 Å². The van der Waals surface area contributed by atoms with Crippen molar-refractivity contribution in [3.63, 3.8) is 0 Å². The van der Waals surface area contributed by atoms with Crippen molar-refractivity contribution in [2.75, 3.05) is 6.54 Å². The molecule has 1 aliphatic rings. The number of halogens is 2. The molecule has 2 unspecified atom stereocenters. The van der Waals surface area contributed by atoms with Crippen molar-refractivity contribution in [2.24, 2.45) is 5.92 Å². The topological polar surface area (TPSA) is 16.1 Å². The van der Waals surface area contributed by atoms with Crippen LogP contribution in [0.15, 0.2) is 12.1 Å². The second-order valence-corrected chi connectivity index (χ2v) is 5.82. The normalized spacial score (nSPS) is 26.1. The second kappa shape index (κ2) is 5.55. The third-order valence-corrected chi connectivity index (χ3v) is 4.04. The average molecular weight is 273 g/mol. The largest absolute Gasteiger partial charge is 0.295 e. The van der Waals surface area contributed by atoms with Gasteiger partial charge in [0.25, 0.3) is 0 Å². The molecule has 0 amide bonds. The van der Waals surface area contributed by atoms with Crippen LogP contribution in [0.1, 0.15) is 32.4 Å². The van der Waals surface area contributed by atoms with E-state index in [4.69, 9.17) is 23.2 Å². The summed E-state index contributed by atoms with van der Waals surface area (Å²) >= 11 is 12.1. The van der Waals surface area contributed by atoms with Gasteiger partial charge in [0, 0.05) is 19.1 Å². The van der Waals surface area contributed by atoms with Gasteiger partial charge in [-0.15, -0.1) is 0 Å². The molecular weight excluding hydrogens is 255 g/mol. The van der Waals surface area contributed by atoms with Gasteiger partial charge in [-0.25, -0.2) is 4.98 Å². The van der Waals surface area contributed by atoms with Gasteiger partial charge in [0.15, 0.2) is 0 Å². The van der Waals surface area contributed by atoms with Crippen LogP contribution in [0, 0.1) is 5.92 Å². The summed E-state index contributed by atoms with van der Waals surface area (Å²) in [5.74, 6) is 0.754. The molecule has 0 N–H and O–H groups in total. The van der Waals surface area contributed by atoms with Crippen LogP contribution < -0.4 is 0 Å². The Labute approximate surface area is 113 Å². The number of hydrogen-bond donors (Lipinski definition) is 0. The van der Waals surface area contributed by atoms with E-state index < -0.39 is 0 Å². The Morgan fingerprint density at radius 2 is 2.06 bits per heavy atom. The van der Waals surface area contributed by atoms with E-state index in [9.17, 15) is 0 Å². The zero-order valence-electron chi connectivity index (χ0n) is 10.3. The number of rotatable bonds is 2. The highest BCUT2D eigenvalue weighted by molar-refractivity contribution is 6.32. The van der Waals surface area contributed by atoms with Crippen LogP contribution >= 0.6 is 23.2 Å². The van der Waals surface area contributed by atoms with Gasteiger partial charge in [-0.3, -0.25) is 4.90 Å². The standard InChI is InChI=1S/C13H18Cl2N2/c1-9-3-4-10(2)17(7-9)8-12-11(14)5-6-13(15)16-12/h5-6,9-10H,3-4,7-8H2,1-2H3. The van der Waals surface area contributed by atoms with Crippen LogP contribution in [0.2, 0.25) is 10.2 Å². The SMILES string of the molecule is CC1CCC(C)N(Cc2nc(Cl)ccc2Cl)C1. The minimum atomic E-state index is 0.516. The molecule has 94 valence electrons. The number of piperidine rings is 1. The van der Waals surface area contributed by atoms with E-state index in [0.29, 0.717) is 16.2 Å². The minimum Gasteiger partial charge on any atom is -0.295 e. The smallest absolute Gasteiger partial charge is 0.129 e. The molecule has 2 atom stereocenters. The number of nitrogens with zero attached hydrogens (tertiary/aromatic N) is 2. The first-order valence-electron chi connectivity index (χ1n) is 6.11. The van der Waals surface area contributed by atoms with Crippen LogP contribution in [0.3, 0.4) is 0 Å². The van der Waals surface area contributed by atoms with Crippen molar-refractivity contribution >= 4 is 23.2 Å². The van der Waals surface area contributed by atoms with Crippen LogP contribution in [-0.2, 0) is 6.54 Å². The maximum absolute atomic E-state index is 6.15. The molecule has 4 heteroatoms. The fraction of sp³-hybridized carbons (Fsp3) is 0.615. The van der Waals surface area contributed by atoms with Crippen LogP contribution in [0.4, 0.5) is 0 Å². The van der Waals surface area contributed by atoms with Gasteiger partial charge in [-0.2, -0.15) is 0 Å². The molecule has 0 spiro atoms. The lowest BCUT2D eigenvalue weighted by atomic mass is 9.95. The Bertz CT molecular complexity index is 395. The van der Waals surface area contributed by atoms with E-state index in [-0.39, 0.29) is 0 Å². The predicted molar refractivity (Wildman–Crippen MR) is 72.5 cm³/mol. The molecule has 1 aliphatic heterocycles. The number of hydrogen-bond acceptors (Lipinski definition) is 2. The molecule has 0 aromatic carbocycles. The predicted octanol–water partition coefficient (Wildman–Crippen LogP) is 4.01. The lowest BCUT2D eigenvalue weighted by Crippen LogP contribution is -2.40. The summed E-state index contributed by atoms with van der Waals surface area (Å²) in [5, 5.41) is 1.22. The fourth-order valence-corrected chi connectivity index (χ4v) is 2.69. The minimum absolute atomic E-state index is 0.516. The zero-order valence-corrected chi connectivity index (χ0v) is 11.8. The quantitative estimate of drug-likeness (QED) is 0.757. The van der Waals surface area contributed by atoms with Gasteiger partial charge >= 0.3 is 0 Å². The van der Waals surface area contributed by atoms with E-state index in [1.54, 1.807) is 6.07 Å². The molecular formula is C13H18Cl2N2. The first kappa shape index (κ1) is 13.1. The average Bonchev–Trinajstić information content (AvgIpc) is 2.28. The highest BCUT2D eigenvalue weighted by Crippen LogP contribution is 2.25. The molecule has 0 bridgehead atoms. The third-order valence-electron chi connectivity index (χ3n) is 3.48. The maximum atomic E-state index is 6.15. The Kier molecular flexibility index (Phi) is 4.29. The number of aromatic nitrogens is 1. The lowest BCUT2D eigenvalue weighted by molar-refractivity contribution is 0.116. The zero-order chi connectivity index (χ0) is 12.4. The van der Waals surface area contributed by atoms with Crippen molar-refractivity contribution in [3.05, 3.63) is 28.0 Å². The lowest BCUT2D eigenvalue weighted by Gasteiger charge is -2.36. The first-order chi connectivity index (χ1) is 8.06. The van der Waals surface area contributed by atoms with E-state index in [1.807, 2.05) is 6.07 Å². The summed E-state index contributed by atoms with van der Waals surface area (Å²) in [5.41, 5.74) is 0.889. The highest BCUT2D eigenvalue weighted by atomic mass is 35.5. The summed E-state index contributed by atoms with van der Waals surface area (Å²) in [7, 11) is 0. The number of pyridine rings is 1. The molecule has 2 nitrogen and oxygen atoms in total. The van der Waals surface area contributed by atoms with Crippen molar-refractivity contribution in [1.29, 1.82) is 0 Å². The molecule has 1 aromatic rings. The van der Waals surface area contributed by atoms with E-state index in [1.165, 1.54) is 12.8 Å². The van der Waals surface area contributed by atoms with Crippen molar-refractivity contribution < 1.29 is 0 Å². The molecule has 0 radical (unpaired) electrons. The van der Waals surface area contributed by atoms with Crippen LogP contribution in [-0.4, -0.2) is 22.5 Å². The van der Waals surface area contributed by atoms with E-state index in [2.05, 4.69) is 23.7 Å². The van der Waals surface area contributed by atoms with Gasteiger partial charge < -0.3 is 0 Å². The molecule has 1 saturated heterocycles. The molecule has 1 fully saturated rings. The van der Waals surface area contributed by atoms with Crippen LogP contribution in [0.25, 0.3) is 0 Å². The monoisotopic (exact) mass is 272 g/mol. The Balaban J connectivity index is 2.11. The van der Waals surface area contributed by atoms with Crippen molar-refractivity contribution in [1.82, 2.24) is 9.88 Å². The molecule has 2 rings (SSSR count). The molecule has 0 saturated carbocycles.